The first-order chi connectivity index (χ1) is 11.5. The Morgan fingerprint density at radius 3 is 2.46 bits per heavy atom. The van der Waals surface area contributed by atoms with Gasteiger partial charge in [-0.1, -0.05) is 60.2 Å². The smallest absolute Gasteiger partial charge is 0.331 e. The van der Waals surface area contributed by atoms with E-state index in [0.29, 0.717) is 6.42 Å². The van der Waals surface area contributed by atoms with Gasteiger partial charge in [0.15, 0.2) is 5.60 Å². The molecule has 2 aromatic rings. The van der Waals surface area contributed by atoms with Crippen molar-refractivity contribution in [3.05, 3.63) is 83.4 Å². The zero-order valence-electron chi connectivity index (χ0n) is 13.9. The Morgan fingerprint density at radius 1 is 1.12 bits per heavy atom. The van der Waals surface area contributed by atoms with E-state index in [1.54, 1.807) is 13.0 Å². The van der Waals surface area contributed by atoms with Crippen LogP contribution in [-0.4, -0.2) is 11.8 Å². The molecule has 1 heterocycles. The zero-order chi connectivity index (χ0) is 17.2. The molecule has 0 amide bonds. The third-order valence-corrected chi connectivity index (χ3v) is 4.42. The molecule has 122 valence electrons. The summed E-state index contributed by atoms with van der Waals surface area (Å²) >= 11 is 0. The summed E-state index contributed by atoms with van der Waals surface area (Å²) in [5, 5.41) is 0. The maximum absolute atomic E-state index is 12.0. The van der Waals surface area contributed by atoms with Crippen LogP contribution in [0.3, 0.4) is 0 Å². The third kappa shape index (κ3) is 3.02. The molecule has 0 fully saturated rings. The van der Waals surface area contributed by atoms with Gasteiger partial charge in [0.2, 0.25) is 0 Å². The maximum atomic E-state index is 12.0. The Balaban J connectivity index is 2.17. The number of benzene rings is 2. The number of esters is 1. The lowest BCUT2D eigenvalue weighted by molar-refractivity contribution is -0.149. The summed E-state index contributed by atoms with van der Waals surface area (Å²) in [6.45, 7) is 3.59. The summed E-state index contributed by atoms with van der Waals surface area (Å²) < 4.78 is 5.79. The Labute approximate surface area is 142 Å². The summed E-state index contributed by atoms with van der Waals surface area (Å²) in [6.07, 6.45) is 3.55. The molecule has 2 aromatic carbocycles. The Kier molecular flexibility index (Phi) is 4.34. The molecule has 0 saturated carbocycles. The standard InChI is InChI=1S/C21H20O3/c1-15-7-6-8-17(13-15)19(14-16(2)22)21(12-11-20(23)24-21)18-9-4-3-5-10-18/h3-13,19H,14H2,1-2H3/t19-,21+/m0/s1. The highest BCUT2D eigenvalue weighted by molar-refractivity contribution is 5.86. The first-order valence-corrected chi connectivity index (χ1v) is 8.05. The molecule has 2 atom stereocenters. The molecule has 0 spiro atoms. The van der Waals surface area contributed by atoms with E-state index >= 15 is 0 Å². The zero-order valence-corrected chi connectivity index (χ0v) is 13.9. The summed E-state index contributed by atoms with van der Waals surface area (Å²) in [7, 11) is 0. The van der Waals surface area contributed by atoms with Crippen molar-refractivity contribution in [2.75, 3.05) is 0 Å². The first kappa shape index (κ1) is 16.2. The van der Waals surface area contributed by atoms with Gasteiger partial charge in [-0.2, -0.15) is 0 Å². The maximum Gasteiger partial charge on any atom is 0.331 e. The minimum absolute atomic E-state index is 0.0631. The molecule has 0 N–H and O–H groups in total. The molecular weight excluding hydrogens is 300 g/mol. The van der Waals surface area contributed by atoms with Crippen molar-refractivity contribution in [1.82, 2.24) is 0 Å². The Bertz CT molecular complexity index is 792. The Hall–Kier alpha value is -2.68. The molecule has 0 aromatic heterocycles. The van der Waals surface area contributed by atoms with Crippen molar-refractivity contribution in [3.8, 4) is 0 Å². The van der Waals surface area contributed by atoms with Crippen LogP contribution in [0.25, 0.3) is 0 Å². The number of aryl methyl sites for hydroxylation is 1. The molecular formula is C21H20O3. The van der Waals surface area contributed by atoms with E-state index in [4.69, 9.17) is 4.74 Å². The lowest BCUT2D eigenvalue weighted by Gasteiger charge is -2.35. The van der Waals surface area contributed by atoms with Gasteiger partial charge in [-0.15, -0.1) is 0 Å². The molecule has 3 heteroatoms. The van der Waals surface area contributed by atoms with E-state index in [9.17, 15) is 9.59 Å². The minimum Gasteiger partial charge on any atom is -0.446 e. The highest BCUT2D eigenvalue weighted by Crippen LogP contribution is 2.46. The second kappa shape index (κ2) is 6.44. The van der Waals surface area contributed by atoms with Gasteiger partial charge in [-0.25, -0.2) is 4.79 Å². The molecule has 3 rings (SSSR count). The number of Topliss-reactive ketones (excluding diaryl/α,β-unsaturated/α-hetero) is 1. The molecule has 0 saturated heterocycles. The third-order valence-electron chi connectivity index (χ3n) is 4.42. The largest absolute Gasteiger partial charge is 0.446 e. The molecule has 3 nitrogen and oxygen atoms in total. The summed E-state index contributed by atoms with van der Waals surface area (Å²) in [4.78, 5) is 23.9. The fourth-order valence-corrected chi connectivity index (χ4v) is 3.36. The van der Waals surface area contributed by atoms with Crippen LogP contribution in [0.1, 0.15) is 36.0 Å². The second-order valence-corrected chi connectivity index (χ2v) is 6.29. The van der Waals surface area contributed by atoms with Crippen LogP contribution in [0.15, 0.2) is 66.7 Å². The van der Waals surface area contributed by atoms with Crippen molar-refractivity contribution in [2.45, 2.75) is 31.8 Å². The van der Waals surface area contributed by atoms with Crippen molar-refractivity contribution >= 4 is 11.8 Å². The molecule has 1 aliphatic rings. The van der Waals surface area contributed by atoms with Crippen molar-refractivity contribution in [3.63, 3.8) is 0 Å². The van der Waals surface area contributed by atoms with Gasteiger partial charge in [0.05, 0.1) is 0 Å². The molecule has 24 heavy (non-hydrogen) atoms. The number of hydrogen-bond donors (Lipinski definition) is 0. The number of rotatable bonds is 5. The second-order valence-electron chi connectivity index (χ2n) is 6.29. The van der Waals surface area contributed by atoms with Gasteiger partial charge >= 0.3 is 5.97 Å². The lowest BCUT2D eigenvalue weighted by Crippen LogP contribution is -2.34. The number of carbonyl (C=O) groups is 2. The van der Waals surface area contributed by atoms with Crippen molar-refractivity contribution in [2.24, 2.45) is 0 Å². The Morgan fingerprint density at radius 2 is 1.88 bits per heavy atom. The van der Waals surface area contributed by atoms with E-state index in [1.807, 2.05) is 55.5 Å². The summed E-state index contributed by atoms with van der Waals surface area (Å²) in [5.74, 6) is -0.576. The molecule has 0 unspecified atom stereocenters. The predicted molar refractivity (Wildman–Crippen MR) is 92.6 cm³/mol. The average molecular weight is 320 g/mol. The van der Waals surface area contributed by atoms with Crippen LogP contribution in [-0.2, 0) is 19.9 Å². The quantitative estimate of drug-likeness (QED) is 0.780. The van der Waals surface area contributed by atoms with Gasteiger partial charge in [0.25, 0.3) is 0 Å². The van der Waals surface area contributed by atoms with Crippen LogP contribution in [0.2, 0.25) is 0 Å². The van der Waals surface area contributed by atoms with Gasteiger partial charge in [0, 0.05) is 24.0 Å². The molecule has 0 aliphatic carbocycles. The van der Waals surface area contributed by atoms with E-state index < -0.39 is 5.60 Å². The van der Waals surface area contributed by atoms with Crippen LogP contribution in [0.4, 0.5) is 0 Å². The van der Waals surface area contributed by atoms with Crippen molar-refractivity contribution in [1.29, 1.82) is 0 Å². The van der Waals surface area contributed by atoms with E-state index in [-0.39, 0.29) is 17.7 Å². The average Bonchev–Trinajstić information content (AvgIpc) is 2.96. The fraction of sp³-hybridized carbons (Fsp3) is 0.238. The van der Waals surface area contributed by atoms with Gasteiger partial charge in [-0.3, -0.25) is 0 Å². The van der Waals surface area contributed by atoms with Gasteiger partial charge in [-0.05, 0) is 25.5 Å². The van der Waals surface area contributed by atoms with E-state index in [1.165, 1.54) is 6.08 Å². The molecule has 0 radical (unpaired) electrons. The molecule has 0 bridgehead atoms. The van der Waals surface area contributed by atoms with Gasteiger partial charge in [0.1, 0.15) is 5.78 Å². The highest BCUT2D eigenvalue weighted by Gasteiger charge is 2.46. The van der Waals surface area contributed by atoms with Crippen LogP contribution >= 0.6 is 0 Å². The topological polar surface area (TPSA) is 43.4 Å². The summed E-state index contributed by atoms with van der Waals surface area (Å²) in [5.41, 5.74) is 2.03. The number of cyclic esters (lactones) is 1. The number of ether oxygens (including phenoxy) is 1. The summed E-state index contributed by atoms with van der Waals surface area (Å²) in [6, 6.07) is 17.7. The van der Waals surface area contributed by atoms with Crippen LogP contribution < -0.4 is 0 Å². The lowest BCUT2D eigenvalue weighted by atomic mass is 9.74. The van der Waals surface area contributed by atoms with Gasteiger partial charge < -0.3 is 9.53 Å². The number of ketones is 1. The van der Waals surface area contributed by atoms with Crippen molar-refractivity contribution < 1.29 is 14.3 Å². The van der Waals surface area contributed by atoms with Crippen LogP contribution in [0.5, 0.6) is 0 Å². The molecule has 1 aliphatic heterocycles. The predicted octanol–water partition coefficient (Wildman–Crippen LogP) is 4.07. The van der Waals surface area contributed by atoms with E-state index in [2.05, 4.69) is 6.07 Å². The highest BCUT2D eigenvalue weighted by atomic mass is 16.6. The fourth-order valence-electron chi connectivity index (χ4n) is 3.36. The van der Waals surface area contributed by atoms with Crippen LogP contribution in [0, 0.1) is 6.92 Å². The minimum atomic E-state index is -0.947. The number of hydrogen-bond acceptors (Lipinski definition) is 3. The van der Waals surface area contributed by atoms with E-state index in [0.717, 1.165) is 16.7 Å². The first-order valence-electron chi connectivity index (χ1n) is 8.05. The monoisotopic (exact) mass is 320 g/mol. The number of carbonyl (C=O) groups excluding carboxylic acids is 2. The SMILES string of the molecule is CC(=O)C[C@@H](c1cccc(C)c1)[C@]1(c2ccccc2)C=CC(=O)O1. The normalized spacial score (nSPS) is 20.7.